The lowest BCUT2D eigenvalue weighted by atomic mass is 10.2. The predicted octanol–water partition coefficient (Wildman–Crippen LogP) is 4.35. The Morgan fingerprint density at radius 2 is 1.58 bits per heavy atom. The number of benzene rings is 2. The molecule has 2 aromatic carbocycles. The summed E-state index contributed by atoms with van der Waals surface area (Å²) >= 11 is 0. The van der Waals surface area contributed by atoms with Gasteiger partial charge in [-0.05, 0) is 49.2 Å². The lowest BCUT2D eigenvalue weighted by Crippen LogP contribution is -2.09. The highest BCUT2D eigenvalue weighted by Crippen LogP contribution is 2.24. The molecule has 0 aliphatic heterocycles. The molecule has 0 amide bonds. The number of ether oxygens (including phenoxy) is 1. The zero-order chi connectivity index (χ0) is 21.8. The molecule has 0 fully saturated rings. The summed E-state index contributed by atoms with van der Waals surface area (Å²) in [6.07, 6.45) is 1.79. The maximum absolute atomic E-state index is 9.49. The van der Waals surface area contributed by atoms with Crippen LogP contribution in [0, 0.1) is 0 Å². The summed E-state index contributed by atoms with van der Waals surface area (Å²) in [5, 5.41) is 16.2. The van der Waals surface area contributed by atoms with Gasteiger partial charge in [-0.15, -0.1) is 0 Å². The molecule has 160 valence electrons. The molecule has 0 aliphatic carbocycles. The molecule has 0 spiro atoms. The molecule has 0 aliphatic rings. The first-order chi connectivity index (χ1) is 15.0. The number of hydrogen-bond donors (Lipinski definition) is 3. The highest BCUT2D eigenvalue weighted by Gasteiger charge is 2.15. The summed E-state index contributed by atoms with van der Waals surface area (Å²) in [4.78, 5) is 13.9. The SMILES string of the molecule is COc1ccc(CNc2nc(NCc3ccc(O)cc3)c3ncn(C(C)C)c3n2)cc1. The fourth-order valence-electron chi connectivity index (χ4n) is 3.22. The van der Waals surface area contributed by atoms with Crippen LogP contribution in [0.25, 0.3) is 11.2 Å². The van der Waals surface area contributed by atoms with Crippen molar-refractivity contribution in [2.24, 2.45) is 0 Å². The number of aromatic nitrogens is 4. The number of phenols is 1. The number of phenolic OH excluding ortho intramolecular Hbond substituents is 1. The van der Waals surface area contributed by atoms with Crippen molar-refractivity contribution in [3.05, 3.63) is 66.0 Å². The molecule has 8 nitrogen and oxygen atoms in total. The van der Waals surface area contributed by atoms with Crippen LogP contribution in [0.2, 0.25) is 0 Å². The van der Waals surface area contributed by atoms with Gasteiger partial charge in [0.25, 0.3) is 0 Å². The standard InChI is InChI=1S/C23H26N6O2/c1-15(2)29-14-26-20-21(24-12-16-4-8-18(30)9-5-16)27-23(28-22(20)29)25-13-17-6-10-19(31-3)11-7-17/h4-11,14-15,30H,12-13H2,1-3H3,(H2,24,25,27,28). The summed E-state index contributed by atoms with van der Waals surface area (Å²) in [6, 6.07) is 15.2. The average Bonchev–Trinajstić information content (AvgIpc) is 3.22. The third-order valence-electron chi connectivity index (χ3n) is 4.98. The summed E-state index contributed by atoms with van der Waals surface area (Å²) in [6.45, 7) is 5.33. The molecule has 0 atom stereocenters. The minimum absolute atomic E-state index is 0.222. The van der Waals surface area contributed by atoms with Crippen molar-refractivity contribution in [3.63, 3.8) is 0 Å². The molecular formula is C23H26N6O2. The molecule has 0 saturated carbocycles. The largest absolute Gasteiger partial charge is 0.508 e. The molecule has 0 bridgehead atoms. The second-order valence-electron chi connectivity index (χ2n) is 7.54. The number of aromatic hydroxyl groups is 1. The van der Waals surface area contributed by atoms with Gasteiger partial charge in [0.05, 0.1) is 13.4 Å². The molecule has 3 N–H and O–H groups in total. The Labute approximate surface area is 181 Å². The monoisotopic (exact) mass is 418 g/mol. The van der Waals surface area contributed by atoms with Crippen LogP contribution in [0.5, 0.6) is 11.5 Å². The van der Waals surface area contributed by atoms with Crippen molar-refractivity contribution in [3.8, 4) is 11.5 Å². The number of methoxy groups -OCH3 is 1. The van der Waals surface area contributed by atoms with Crippen LogP contribution >= 0.6 is 0 Å². The van der Waals surface area contributed by atoms with Gasteiger partial charge in [0, 0.05) is 19.1 Å². The quantitative estimate of drug-likeness (QED) is 0.391. The van der Waals surface area contributed by atoms with E-state index in [4.69, 9.17) is 9.72 Å². The third-order valence-corrected chi connectivity index (χ3v) is 4.98. The number of anilines is 2. The molecule has 2 heterocycles. The van der Waals surface area contributed by atoms with E-state index in [-0.39, 0.29) is 11.8 Å². The Balaban J connectivity index is 1.59. The molecule has 0 unspecified atom stereocenters. The number of rotatable bonds is 8. The van der Waals surface area contributed by atoms with Crippen LogP contribution in [0.4, 0.5) is 11.8 Å². The minimum Gasteiger partial charge on any atom is -0.508 e. The fourth-order valence-corrected chi connectivity index (χ4v) is 3.22. The van der Waals surface area contributed by atoms with Crippen LogP contribution in [0.1, 0.15) is 31.0 Å². The minimum atomic E-state index is 0.222. The lowest BCUT2D eigenvalue weighted by Gasteiger charge is -2.12. The summed E-state index contributed by atoms with van der Waals surface area (Å²) in [5.74, 6) is 2.26. The van der Waals surface area contributed by atoms with Gasteiger partial charge < -0.3 is 25.0 Å². The van der Waals surface area contributed by atoms with Crippen molar-refractivity contribution < 1.29 is 9.84 Å². The maximum atomic E-state index is 9.49. The second-order valence-corrected chi connectivity index (χ2v) is 7.54. The molecule has 4 rings (SSSR count). The number of nitrogens with one attached hydrogen (secondary N) is 2. The summed E-state index contributed by atoms with van der Waals surface area (Å²) in [5.41, 5.74) is 3.62. The highest BCUT2D eigenvalue weighted by molar-refractivity contribution is 5.84. The van der Waals surface area contributed by atoms with E-state index in [0.717, 1.165) is 28.0 Å². The van der Waals surface area contributed by atoms with E-state index >= 15 is 0 Å². The van der Waals surface area contributed by atoms with Crippen LogP contribution in [-0.4, -0.2) is 31.7 Å². The molecule has 31 heavy (non-hydrogen) atoms. The van der Waals surface area contributed by atoms with Gasteiger partial charge >= 0.3 is 0 Å². The van der Waals surface area contributed by atoms with E-state index in [2.05, 4.69) is 34.4 Å². The molecule has 0 radical (unpaired) electrons. The third kappa shape index (κ3) is 4.69. The average molecular weight is 419 g/mol. The normalized spacial score (nSPS) is 11.1. The second kappa shape index (κ2) is 8.91. The van der Waals surface area contributed by atoms with E-state index < -0.39 is 0 Å². The molecule has 8 heteroatoms. The maximum Gasteiger partial charge on any atom is 0.227 e. The Hall–Kier alpha value is -3.81. The first kappa shape index (κ1) is 20.5. The van der Waals surface area contributed by atoms with Crippen LogP contribution in [0.3, 0.4) is 0 Å². The van der Waals surface area contributed by atoms with E-state index in [0.29, 0.717) is 24.9 Å². The van der Waals surface area contributed by atoms with Crippen molar-refractivity contribution in [2.45, 2.75) is 33.0 Å². The van der Waals surface area contributed by atoms with Crippen molar-refractivity contribution in [1.82, 2.24) is 19.5 Å². The van der Waals surface area contributed by atoms with Gasteiger partial charge in [-0.25, -0.2) is 4.98 Å². The number of nitrogens with zero attached hydrogens (tertiary/aromatic N) is 4. The smallest absolute Gasteiger partial charge is 0.227 e. The molecule has 4 aromatic rings. The summed E-state index contributed by atoms with van der Waals surface area (Å²) in [7, 11) is 1.65. The molecular weight excluding hydrogens is 392 g/mol. The van der Waals surface area contributed by atoms with Crippen LogP contribution < -0.4 is 15.4 Å². The zero-order valence-electron chi connectivity index (χ0n) is 17.8. The van der Waals surface area contributed by atoms with Crippen LogP contribution in [0.15, 0.2) is 54.9 Å². The Morgan fingerprint density at radius 3 is 2.23 bits per heavy atom. The van der Waals surface area contributed by atoms with E-state index in [1.54, 1.807) is 25.6 Å². The Bertz CT molecular complexity index is 1150. The van der Waals surface area contributed by atoms with Crippen molar-refractivity contribution in [1.29, 1.82) is 0 Å². The molecule has 2 aromatic heterocycles. The first-order valence-corrected chi connectivity index (χ1v) is 10.2. The first-order valence-electron chi connectivity index (χ1n) is 10.2. The van der Waals surface area contributed by atoms with E-state index in [1.165, 1.54) is 0 Å². The zero-order valence-corrected chi connectivity index (χ0v) is 17.8. The lowest BCUT2D eigenvalue weighted by molar-refractivity contribution is 0.414. The van der Waals surface area contributed by atoms with Gasteiger partial charge in [-0.3, -0.25) is 0 Å². The van der Waals surface area contributed by atoms with Crippen molar-refractivity contribution >= 4 is 22.9 Å². The number of hydrogen-bond acceptors (Lipinski definition) is 7. The Morgan fingerprint density at radius 1 is 0.935 bits per heavy atom. The van der Waals surface area contributed by atoms with Crippen molar-refractivity contribution in [2.75, 3.05) is 17.7 Å². The van der Waals surface area contributed by atoms with Gasteiger partial charge in [-0.1, -0.05) is 24.3 Å². The topological polar surface area (TPSA) is 97.1 Å². The molecule has 0 saturated heterocycles. The Kier molecular flexibility index (Phi) is 5.88. The van der Waals surface area contributed by atoms with Crippen LogP contribution in [-0.2, 0) is 13.1 Å². The van der Waals surface area contributed by atoms with Gasteiger partial charge in [0.1, 0.15) is 11.5 Å². The predicted molar refractivity (Wildman–Crippen MR) is 121 cm³/mol. The fraction of sp³-hybridized carbons (Fsp3) is 0.261. The number of imidazole rings is 1. The highest BCUT2D eigenvalue weighted by atomic mass is 16.5. The van der Waals surface area contributed by atoms with E-state index in [1.807, 2.05) is 41.0 Å². The van der Waals surface area contributed by atoms with E-state index in [9.17, 15) is 5.11 Å². The van der Waals surface area contributed by atoms with Gasteiger partial charge in [0.15, 0.2) is 17.0 Å². The van der Waals surface area contributed by atoms with Gasteiger partial charge in [-0.2, -0.15) is 9.97 Å². The number of fused-ring (bicyclic) bond motifs is 1. The summed E-state index contributed by atoms with van der Waals surface area (Å²) < 4.78 is 7.24. The van der Waals surface area contributed by atoms with Gasteiger partial charge in [0.2, 0.25) is 5.95 Å².